The predicted octanol–water partition coefficient (Wildman–Crippen LogP) is 8.32. The standard InChI is InChI=1S/C26H40/c1-6-7-16-25(23-14-9-8-10-15-23)26-19-21(4)17-18-24(26)22(5)13-11-12-20(2)3/h8-10,12,14-15,19,22,24-26H,6-7,11,13,16-18H2,1-5H3. The molecule has 1 aliphatic carbocycles. The van der Waals surface area contributed by atoms with Crippen molar-refractivity contribution in [3.63, 3.8) is 0 Å². The lowest BCUT2D eigenvalue weighted by atomic mass is 9.66. The summed E-state index contributed by atoms with van der Waals surface area (Å²) in [4.78, 5) is 0. The third kappa shape index (κ3) is 6.15. The summed E-state index contributed by atoms with van der Waals surface area (Å²) in [7, 11) is 0. The van der Waals surface area contributed by atoms with Crippen molar-refractivity contribution in [1.82, 2.24) is 0 Å². The van der Waals surface area contributed by atoms with Gasteiger partial charge in [0.1, 0.15) is 0 Å². The van der Waals surface area contributed by atoms with E-state index in [4.69, 9.17) is 0 Å². The lowest BCUT2D eigenvalue weighted by molar-refractivity contribution is 0.205. The largest absolute Gasteiger partial charge is 0.0859 e. The van der Waals surface area contributed by atoms with Crippen LogP contribution < -0.4 is 0 Å². The van der Waals surface area contributed by atoms with E-state index in [1.807, 2.05) is 0 Å². The van der Waals surface area contributed by atoms with E-state index in [9.17, 15) is 0 Å². The SMILES string of the molecule is CCCCC(c1ccccc1)C1C=C(C)CCC1C(C)CCC=C(C)C. The zero-order valence-electron chi connectivity index (χ0n) is 17.8. The van der Waals surface area contributed by atoms with Gasteiger partial charge in [0.15, 0.2) is 0 Å². The molecule has 0 bridgehead atoms. The first-order chi connectivity index (χ1) is 12.5. The van der Waals surface area contributed by atoms with E-state index in [1.165, 1.54) is 50.5 Å². The molecule has 1 aromatic carbocycles. The summed E-state index contributed by atoms with van der Waals surface area (Å²) >= 11 is 0. The van der Waals surface area contributed by atoms with Crippen molar-refractivity contribution in [3.8, 4) is 0 Å². The van der Waals surface area contributed by atoms with Gasteiger partial charge in [0.05, 0.1) is 0 Å². The van der Waals surface area contributed by atoms with Gasteiger partial charge in [-0.15, -0.1) is 0 Å². The molecule has 0 saturated heterocycles. The van der Waals surface area contributed by atoms with Crippen LogP contribution in [0.4, 0.5) is 0 Å². The number of rotatable bonds is 9. The highest BCUT2D eigenvalue weighted by molar-refractivity contribution is 5.24. The fourth-order valence-corrected chi connectivity index (χ4v) is 4.76. The number of hydrogen-bond donors (Lipinski definition) is 0. The van der Waals surface area contributed by atoms with Crippen LogP contribution in [0.2, 0.25) is 0 Å². The van der Waals surface area contributed by atoms with E-state index in [0.29, 0.717) is 11.8 Å². The maximum Gasteiger partial charge on any atom is -0.00961 e. The van der Waals surface area contributed by atoms with Crippen LogP contribution in [0.15, 0.2) is 53.6 Å². The molecule has 2 rings (SSSR count). The van der Waals surface area contributed by atoms with Crippen LogP contribution in [0, 0.1) is 17.8 Å². The van der Waals surface area contributed by atoms with Crippen molar-refractivity contribution in [3.05, 3.63) is 59.2 Å². The molecule has 0 heteroatoms. The molecule has 1 aliphatic rings. The summed E-state index contributed by atoms with van der Waals surface area (Å²) in [5, 5.41) is 0. The van der Waals surface area contributed by atoms with Crippen molar-refractivity contribution < 1.29 is 0 Å². The highest BCUT2D eigenvalue weighted by atomic mass is 14.4. The molecule has 0 aliphatic heterocycles. The van der Waals surface area contributed by atoms with Crippen molar-refractivity contribution in [2.45, 2.75) is 85.5 Å². The predicted molar refractivity (Wildman–Crippen MR) is 117 cm³/mol. The van der Waals surface area contributed by atoms with Gasteiger partial charge in [0.2, 0.25) is 0 Å². The van der Waals surface area contributed by atoms with Crippen LogP contribution >= 0.6 is 0 Å². The fraction of sp³-hybridized carbons (Fsp3) is 0.615. The van der Waals surface area contributed by atoms with Gasteiger partial charge >= 0.3 is 0 Å². The van der Waals surface area contributed by atoms with Crippen molar-refractivity contribution in [2.24, 2.45) is 17.8 Å². The van der Waals surface area contributed by atoms with E-state index in [1.54, 1.807) is 11.1 Å². The molecule has 0 N–H and O–H groups in total. The van der Waals surface area contributed by atoms with Gasteiger partial charge in [-0.1, -0.05) is 80.3 Å². The maximum atomic E-state index is 2.65. The first-order valence-electron chi connectivity index (χ1n) is 10.9. The Morgan fingerprint density at radius 2 is 1.88 bits per heavy atom. The van der Waals surface area contributed by atoms with Crippen LogP contribution in [0.5, 0.6) is 0 Å². The zero-order valence-corrected chi connectivity index (χ0v) is 17.8. The average molecular weight is 353 g/mol. The molecule has 4 unspecified atom stereocenters. The lowest BCUT2D eigenvalue weighted by Gasteiger charge is -2.39. The minimum Gasteiger partial charge on any atom is -0.0859 e. The summed E-state index contributed by atoms with van der Waals surface area (Å²) in [6.45, 7) is 11.6. The van der Waals surface area contributed by atoms with Crippen LogP contribution in [0.25, 0.3) is 0 Å². The molecular weight excluding hydrogens is 312 g/mol. The topological polar surface area (TPSA) is 0 Å². The quantitative estimate of drug-likeness (QED) is 0.392. The Labute approximate surface area is 162 Å². The van der Waals surface area contributed by atoms with Gasteiger partial charge < -0.3 is 0 Å². The third-order valence-corrected chi connectivity index (χ3v) is 6.31. The van der Waals surface area contributed by atoms with Gasteiger partial charge in [-0.05, 0) is 82.1 Å². The Hall–Kier alpha value is -1.30. The summed E-state index contributed by atoms with van der Waals surface area (Å²) in [5.41, 5.74) is 4.62. The number of allylic oxidation sites excluding steroid dienone is 4. The fourth-order valence-electron chi connectivity index (χ4n) is 4.76. The van der Waals surface area contributed by atoms with Crippen LogP contribution in [0.3, 0.4) is 0 Å². The van der Waals surface area contributed by atoms with Crippen molar-refractivity contribution in [2.75, 3.05) is 0 Å². The van der Waals surface area contributed by atoms with E-state index < -0.39 is 0 Å². The van der Waals surface area contributed by atoms with Gasteiger partial charge in [0.25, 0.3) is 0 Å². The molecule has 4 atom stereocenters. The average Bonchev–Trinajstić information content (AvgIpc) is 2.62. The van der Waals surface area contributed by atoms with Crippen LogP contribution in [-0.2, 0) is 0 Å². The number of hydrogen-bond acceptors (Lipinski definition) is 0. The molecule has 144 valence electrons. The molecule has 0 heterocycles. The second-order valence-electron chi connectivity index (χ2n) is 8.79. The van der Waals surface area contributed by atoms with E-state index in [0.717, 1.165) is 11.8 Å². The minimum absolute atomic E-state index is 0.683. The molecule has 0 saturated carbocycles. The molecule has 1 aromatic rings. The summed E-state index contributed by atoms with van der Waals surface area (Å²) in [6.07, 6.45) is 14.3. The highest BCUT2D eigenvalue weighted by Gasteiger charge is 2.33. The Morgan fingerprint density at radius 1 is 1.15 bits per heavy atom. The Balaban J connectivity index is 2.22. The maximum absolute atomic E-state index is 2.65. The normalized spacial score (nSPS) is 22.4. The molecule has 0 aromatic heterocycles. The third-order valence-electron chi connectivity index (χ3n) is 6.31. The van der Waals surface area contributed by atoms with Gasteiger partial charge in [0, 0.05) is 0 Å². The molecule has 26 heavy (non-hydrogen) atoms. The first-order valence-corrected chi connectivity index (χ1v) is 10.9. The first kappa shape index (κ1) is 21.0. The van der Waals surface area contributed by atoms with Gasteiger partial charge in [-0.2, -0.15) is 0 Å². The summed E-state index contributed by atoms with van der Waals surface area (Å²) < 4.78 is 0. The summed E-state index contributed by atoms with van der Waals surface area (Å²) in [6, 6.07) is 11.3. The second kappa shape index (κ2) is 10.8. The van der Waals surface area contributed by atoms with E-state index in [-0.39, 0.29) is 0 Å². The lowest BCUT2D eigenvalue weighted by Crippen LogP contribution is -2.29. The Kier molecular flexibility index (Phi) is 8.69. The molecule has 0 radical (unpaired) electrons. The number of unbranched alkanes of at least 4 members (excludes halogenated alkanes) is 1. The minimum atomic E-state index is 0.683. The Morgan fingerprint density at radius 3 is 2.54 bits per heavy atom. The molecule has 0 fully saturated rings. The monoisotopic (exact) mass is 352 g/mol. The number of benzene rings is 1. The molecule has 0 spiro atoms. The van der Waals surface area contributed by atoms with Crippen molar-refractivity contribution in [1.29, 1.82) is 0 Å². The smallest absolute Gasteiger partial charge is 0.00961 e. The van der Waals surface area contributed by atoms with E-state index >= 15 is 0 Å². The zero-order chi connectivity index (χ0) is 18.9. The highest BCUT2D eigenvalue weighted by Crippen LogP contribution is 2.45. The van der Waals surface area contributed by atoms with E-state index in [2.05, 4.69) is 77.1 Å². The molecule has 0 nitrogen and oxygen atoms in total. The van der Waals surface area contributed by atoms with Crippen LogP contribution in [-0.4, -0.2) is 0 Å². The second-order valence-corrected chi connectivity index (χ2v) is 8.79. The molecular formula is C26H40. The Bertz CT molecular complexity index is 573. The van der Waals surface area contributed by atoms with Crippen molar-refractivity contribution >= 4 is 0 Å². The molecule has 0 amide bonds. The van der Waals surface area contributed by atoms with Crippen LogP contribution in [0.1, 0.15) is 91.0 Å². The van der Waals surface area contributed by atoms with Gasteiger partial charge in [-0.3, -0.25) is 0 Å². The summed E-state index contributed by atoms with van der Waals surface area (Å²) in [5.74, 6) is 3.01. The van der Waals surface area contributed by atoms with Gasteiger partial charge in [-0.25, -0.2) is 0 Å².